The van der Waals surface area contributed by atoms with E-state index in [1.54, 1.807) is 0 Å². The molecule has 0 saturated heterocycles. The minimum atomic E-state index is -1.71. The summed E-state index contributed by atoms with van der Waals surface area (Å²) < 4.78 is 38.9. The van der Waals surface area contributed by atoms with Gasteiger partial charge in [-0.05, 0) is 19.1 Å². The molecule has 8 heteroatoms. The lowest BCUT2D eigenvalue weighted by Crippen LogP contribution is -2.37. The summed E-state index contributed by atoms with van der Waals surface area (Å²) in [5, 5.41) is 3.95. The van der Waals surface area contributed by atoms with E-state index in [-0.39, 0.29) is 13.1 Å². The fourth-order valence-corrected chi connectivity index (χ4v) is 1.38. The first-order valence-electron chi connectivity index (χ1n) is 5.68. The molecule has 0 aliphatic heterocycles. The van der Waals surface area contributed by atoms with E-state index in [2.05, 4.69) is 10.6 Å². The highest BCUT2D eigenvalue weighted by atomic mass is 35.5. The molecule has 2 N–H and O–H groups in total. The van der Waals surface area contributed by atoms with Crippen LogP contribution in [0.25, 0.3) is 0 Å². The van der Waals surface area contributed by atoms with E-state index in [1.165, 1.54) is 6.92 Å². The Morgan fingerprint density at radius 1 is 1.15 bits per heavy atom. The predicted octanol–water partition coefficient (Wildman–Crippen LogP) is 1.58. The first-order valence-corrected chi connectivity index (χ1v) is 6.11. The average molecular weight is 309 g/mol. The van der Waals surface area contributed by atoms with Gasteiger partial charge in [-0.1, -0.05) is 0 Å². The van der Waals surface area contributed by atoms with E-state index in [4.69, 9.17) is 11.6 Å². The lowest BCUT2D eigenvalue weighted by molar-refractivity contribution is -0.120. The number of hydrogen-bond acceptors (Lipinski definition) is 2. The Morgan fingerprint density at radius 3 is 2.35 bits per heavy atom. The van der Waals surface area contributed by atoms with E-state index in [9.17, 15) is 22.8 Å². The number of carbonyl (C=O) groups is 2. The van der Waals surface area contributed by atoms with Crippen molar-refractivity contribution in [3.05, 3.63) is 35.1 Å². The molecule has 0 fully saturated rings. The van der Waals surface area contributed by atoms with Gasteiger partial charge in [-0.3, -0.25) is 9.59 Å². The van der Waals surface area contributed by atoms with Crippen LogP contribution in [0.2, 0.25) is 0 Å². The van der Waals surface area contributed by atoms with E-state index in [1.807, 2.05) is 0 Å². The van der Waals surface area contributed by atoms with Crippen LogP contribution in [0.3, 0.4) is 0 Å². The van der Waals surface area contributed by atoms with Crippen molar-refractivity contribution in [2.45, 2.75) is 12.3 Å². The van der Waals surface area contributed by atoms with Gasteiger partial charge >= 0.3 is 0 Å². The van der Waals surface area contributed by atoms with Crippen LogP contribution in [0.1, 0.15) is 17.3 Å². The zero-order valence-electron chi connectivity index (χ0n) is 10.5. The molecule has 0 spiro atoms. The van der Waals surface area contributed by atoms with Crippen molar-refractivity contribution in [2.24, 2.45) is 0 Å². The maximum absolute atomic E-state index is 13.3. The molecule has 0 bridgehead atoms. The van der Waals surface area contributed by atoms with Crippen molar-refractivity contribution in [2.75, 3.05) is 13.1 Å². The van der Waals surface area contributed by atoms with Crippen molar-refractivity contribution in [3.63, 3.8) is 0 Å². The van der Waals surface area contributed by atoms with E-state index in [0.29, 0.717) is 6.07 Å². The molecule has 2 amide bonds. The van der Waals surface area contributed by atoms with Gasteiger partial charge in [-0.25, -0.2) is 13.2 Å². The highest BCUT2D eigenvalue weighted by molar-refractivity contribution is 6.30. The fraction of sp³-hybridized carbons (Fsp3) is 0.333. The molecule has 0 heterocycles. The van der Waals surface area contributed by atoms with Gasteiger partial charge < -0.3 is 10.6 Å². The summed E-state index contributed by atoms with van der Waals surface area (Å²) in [7, 11) is 0. The van der Waals surface area contributed by atoms with Gasteiger partial charge in [0.2, 0.25) is 5.91 Å². The number of benzene rings is 1. The maximum atomic E-state index is 13.3. The van der Waals surface area contributed by atoms with Crippen LogP contribution in [0.5, 0.6) is 0 Å². The third-order valence-electron chi connectivity index (χ3n) is 2.35. The second-order valence-corrected chi connectivity index (χ2v) is 4.54. The molecule has 1 unspecified atom stereocenters. The van der Waals surface area contributed by atoms with Crippen LogP contribution in [0, 0.1) is 17.5 Å². The van der Waals surface area contributed by atoms with Crippen LogP contribution in [0.15, 0.2) is 12.1 Å². The van der Waals surface area contributed by atoms with Gasteiger partial charge in [0, 0.05) is 13.1 Å². The van der Waals surface area contributed by atoms with Crippen LogP contribution >= 0.6 is 11.6 Å². The second-order valence-electron chi connectivity index (χ2n) is 3.89. The Bertz CT molecular complexity index is 524. The van der Waals surface area contributed by atoms with Crippen molar-refractivity contribution < 1.29 is 22.8 Å². The molecule has 0 aromatic heterocycles. The highest BCUT2D eigenvalue weighted by Crippen LogP contribution is 2.14. The number of nitrogens with one attached hydrogen (secondary N) is 2. The van der Waals surface area contributed by atoms with Gasteiger partial charge in [-0.15, -0.1) is 11.6 Å². The Morgan fingerprint density at radius 2 is 1.75 bits per heavy atom. The minimum Gasteiger partial charge on any atom is -0.353 e. The molecule has 1 aromatic rings. The molecule has 1 aromatic carbocycles. The minimum absolute atomic E-state index is 0.00732. The third-order valence-corrected chi connectivity index (χ3v) is 2.55. The molecule has 110 valence electrons. The van der Waals surface area contributed by atoms with Crippen LogP contribution < -0.4 is 10.6 Å². The fourth-order valence-electron chi connectivity index (χ4n) is 1.30. The lowest BCUT2D eigenvalue weighted by atomic mass is 10.2. The lowest BCUT2D eigenvalue weighted by Gasteiger charge is -2.08. The number of alkyl halides is 1. The van der Waals surface area contributed by atoms with E-state index < -0.39 is 40.2 Å². The Kier molecular flexibility index (Phi) is 5.82. The largest absolute Gasteiger partial charge is 0.353 e. The smallest absolute Gasteiger partial charge is 0.254 e. The number of amides is 2. The average Bonchev–Trinajstić information content (AvgIpc) is 2.40. The summed E-state index contributed by atoms with van der Waals surface area (Å²) in [5.74, 6) is -5.96. The number of halogens is 4. The van der Waals surface area contributed by atoms with Crippen molar-refractivity contribution in [3.8, 4) is 0 Å². The summed E-state index contributed by atoms with van der Waals surface area (Å²) in [6, 6.07) is 1.49. The monoisotopic (exact) mass is 308 g/mol. The molecule has 0 radical (unpaired) electrons. The number of rotatable bonds is 5. The second kappa shape index (κ2) is 7.14. The first-order chi connectivity index (χ1) is 9.34. The number of hydrogen-bond donors (Lipinski definition) is 2. The molecular formula is C12H12ClF3N2O2. The van der Waals surface area contributed by atoms with Gasteiger partial charge in [0.25, 0.3) is 5.91 Å². The van der Waals surface area contributed by atoms with Crippen molar-refractivity contribution in [1.29, 1.82) is 0 Å². The zero-order valence-corrected chi connectivity index (χ0v) is 11.2. The predicted molar refractivity (Wildman–Crippen MR) is 67.0 cm³/mol. The molecule has 1 rings (SSSR count). The molecule has 4 nitrogen and oxygen atoms in total. The summed E-state index contributed by atoms with van der Waals surface area (Å²) in [4.78, 5) is 22.6. The van der Waals surface area contributed by atoms with Crippen LogP contribution in [-0.4, -0.2) is 30.3 Å². The SMILES string of the molecule is CC(Cl)C(=O)NCCNC(=O)c1ccc(F)c(F)c1F. The Hall–Kier alpha value is -1.76. The molecule has 20 heavy (non-hydrogen) atoms. The highest BCUT2D eigenvalue weighted by Gasteiger charge is 2.18. The quantitative estimate of drug-likeness (QED) is 0.493. The van der Waals surface area contributed by atoms with Crippen molar-refractivity contribution >= 4 is 23.4 Å². The summed E-state index contributed by atoms with van der Waals surface area (Å²) >= 11 is 5.49. The summed E-state index contributed by atoms with van der Waals surface area (Å²) in [6.07, 6.45) is 0. The zero-order chi connectivity index (χ0) is 15.3. The molecule has 0 saturated carbocycles. The standard InChI is InChI=1S/C12H12ClF3N2O2/c1-6(13)11(19)17-4-5-18-12(20)7-2-3-8(14)10(16)9(7)15/h2-3,6H,4-5H2,1H3,(H,17,19)(H,18,20). The van der Waals surface area contributed by atoms with Crippen molar-refractivity contribution in [1.82, 2.24) is 10.6 Å². The molecular weight excluding hydrogens is 297 g/mol. The van der Waals surface area contributed by atoms with Gasteiger partial charge in [0.05, 0.1) is 5.56 Å². The Labute approximate surface area is 118 Å². The van der Waals surface area contributed by atoms with E-state index >= 15 is 0 Å². The first kappa shape index (κ1) is 16.3. The van der Waals surface area contributed by atoms with Crippen LogP contribution in [-0.2, 0) is 4.79 Å². The third kappa shape index (κ3) is 4.12. The summed E-state index contributed by atoms with van der Waals surface area (Å²) in [5.41, 5.74) is -0.610. The molecule has 0 aliphatic rings. The maximum Gasteiger partial charge on any atom is 0.254 e. The molecule has 1 atom stereocenters. The Balaban J connectivity index is 2.52. The summed E-state index contributed by atoms with van der Waals surface area (Å²) in [6.45, 7) is 1.55. The molecule has 0 aliphatic carbocycles. The van der Waals surface area contributed by atoms with Gasteiger partial charge in [0.15, 0.2) is 17.5 Å². The van der Waals surface area contributed by atoms with E-state index in [0.717, 1.165) is 6.07 Å². The number of carbonyl (C=O) groups excluding carboxylic acids is 2. The topological polar surface area (TPSA) is 58.2 Å². The van der Waals surface area contributed by atoms with Gasteiger partial charge in [-0.2, -0.15) is 0 Å². The van der Waals surface area contributed by atoms with Gasteiger partial charge in [0.1, 0.15) is 5.38 Å². The normalized spacial score (nSPS) is 11.8. The van der Waals surface area contributed by atoms with Crippen LogP contribution in [0.4, 0.5) is 13.2 Å².